The zero-order valence-electron chi connectivity index (χ0n) is 10.9. The van der Waals surface area contributed by atoms with E-state index in [1.807, 2.05) is 0 Å². The molecule has 0 unspecified atom stereocenters. The number of hydrogen-bond donors (Lipinski definition) is 1. The fourth-order valence-corrected chi connectivity index (χ4v) is 1.98. The molecule has 0 amide bonds. The van der Waals surface area contributed by atoms with Crippen molar-refractivity contribution in [3.05, 3.63) is 42.2 Å². The van der Waals surface area contributed by atoms with Crippen LogP contribution in [0.4, 0.5) is 13.2 Å². The van der Waals surface area contributed by atoms with E-state index in [1.54, 1.807) is 0 Å². The van der Waals surface area contributed by atoms with E-state index in [1.165, 1.54) is 30.6 Å². The number of benzene rings is 1. The summed E-state index contributed by atoms with van der Waals surface area (Å²) in [5.74, 6) is 0.483. The molecule has 21 heavy (non-hydrogen) atoms. The fraction of sp³-hybridized carbons (Fsp3) is 0.286. The van der Waals surface area contributed by atoms with Crippen LogP contribution in [0.2, 0.25) is 0 Å². The fourth-order valence-electron chi connectivity index (χ4n) is 1.98. The molecule has 4 nitrogen and oxygen atoms in total. The van der Waals surface area contributed by atoms with Crippen LogP contribution in [0, 0.1) is 0 Å². The van der Waals surface area contributed by atoms with E-state index in [-0.39, 0.29) is 17.5 Å². The SMILES string of the molecule is FC(F)(F)c1ccccc1-c1ncc(OC2CNC2)cn1. The highest BCUT2D eigenvalue weighted by atomic mass is 19.4. The summed E-state index contributed by atoms with van der Waals surface area (Å²) >= 11 is 0. The Kier molecular flexibility index (Phi) is 3.50. The summed E-state index contributed by atoms with van der Waals surface area (Å²) in [7, 11) is 0. The summed E-state index contributed by atoms with van der Waals surface area (Å²) in [5, 5.41) is 3.05. The molecule has 1 saturated heterocycles. The molecule has 2 aromatic rings. The second-order valence-electron chi connectivity index (χ2n) is 4.68. The summed E-state index contributed by atoms with van der Waals surface area (Å²) in [6.45, 7) is 1.50. The first-order valence-electron chi connectivity index (χ1n) is 6.40. The number of hydrogen-bond acceptors (Lipinski definition) is 4. The lowest BCUT2D eigenvalue weighted by molar-refractivity contribution is -0.137. The predicted molar refractivity (Wildman–Crippen MR) is 69.8 cm³/mol. The smallest absolute Gasteiger partial charge is 0.417 e. The summed E-state index contributed by atoms with van der Waals surface area (Å²) in [6.07, 6.45) is -1.57. The highest BCUT2D eigenvalue weighted by Crippen LogP contribution is 2.35. The first kappa shape index (κ1) is 13.8. The van der Waals surface area contributed by atoms with Crippen molar-refractivity contribution in [1.82, 2.24) is 15.3 Å². The Labute approximate surface area is 119 Å². The van der Waals surface area contributed by atoms with Gasteiger partial charge in [-0.05, 0) is 6.07 Å². The minimum atomic E-state index is -4.44. The highest BCUT2D eigenvalue weighted by molar-refractivity contribution is 5.61. The molecular weight excluding hydrogens is 283 g/mol. The third-order valence-electron chi connectivity index (χ3n) is 3.15. The number of nitrogens with one attached hydrogen (secondary N) is 1. The quantitative estimate of drug-likeness (QED) is 0.945. The Morgan fingerprint density at radius 3 is 2.33 bits per heavy atom. The van der Waals surface area contributed by atoms with E-state index >= 15 is 0 Å². The summed E-state index contributed by atoms with van der Waals surface area (Å²) in [4.78, 5) is 7.96. The van der Waals surface area contributed by atoms with Crippen molar-refractivity contribution in [3.63, 3.8) is 0 Å². The molecule has 110 valence electrons. The zero-order chi connectivity index (χ0) is 14.9. The van der Waals surface area contributed by atoms with Gasteiger partial charge in [-0.25, -0.2) is 9.97 Å². The van der Waals surface area contributed by atoms with Crippen molar-refractivity contribution in [2.45, 2.75) is 12.3 Å². The van der Waals surface area contributed by atoms with Crippen molar-refractivity contribution in [3.8, 4) is 17.1 Å². The molecule has 1 fully saturated rings. The average Bonchev–Trinajstić information content (AvgIpc) is 2.43. The van der Waals surface area contributed by atoms with Gasteiger partial charge in [0.25, 0.3) is 0 Å². The van der Waals surface area contributed by atoms with Crippen LogP contribution in [0.25, 0.3) is 11.4 Å². The van der Waals surface area contributed by atoms with Gasteiger partial charge in [0.1, 0.15) is 6.10 Å². The largest absolute Gasteiger partial charge is 0.485 e. The van der Waals surface area contributed by atoms with Crippen molar-refractivity contribution in [2.24, 2.45) is 0 Å². The molecular formula is C14H12F3N3O. The van der Waals surface area contributed by atoms with Crippen LogP contribution in [0.3, 0.4) is 0 Å². The first-order valence-corrected chi connectivity index (χ1v) is 6.40. The molecule has 1 aromatic carbocycles. The number of ether oxygens (including phenoxy) is 1. The summed E-state index contributed by atoms with van der Waals surface area (Å²) in [5.41, 5.74) is -0.788. The second-order valence-corrected chi connectivity index (χ2v) is 4.68. The van der Waals surface area contributed by atoms with Gasteiger partial charge in [-0.2, -0.15) is 13.2 Å². The van der Waals surface area contributed by atoms with Gasteiger partial charge in [-0.1, -0.05) is 18.2 Å². The highest BCUT2D eigenvalue weighted by Gasteiger charge is 2.34. The minimum Gasteiger partial charge on any atom is -0.485 e. The lowest BCUT2D eigenvalue weighted by atomic mass is 10.1. The molecule has 0 bridgehead atoms. The molecule has 0 saturated carbocycles. The summed E-state index contributed by atoms with van der Waals surface area (Å²) in [6, 6.07) is 5.24. The molecule has 3 rings (SSSR count). The van der Waals surface area contributed by atoms with E-state index in [0.717, 1.165) is 19.2 Å². The number of halogens is 3. The molecule has 2 heterocycles. The van der Waals surface area contributed by atoms with Crippen molar-refractivity contribution in [2.75, 3.05) is 13.1 Å². The Hall–Kier alpha value is -2.15. The number of alkyl halides is 3. The molecule has 7 heteroatoms. The van der Waals surface area contributed by atoms with Gasteiger partial charge < -0.3 is 10.1 Å². The maximum atomic E-state index is 13.0. The first-order chi connectivity index (χ1) is 10.0. The van der Waals surface area contributed by atoms with Crippen LogP contribution >= 0.6 is 0 Å². The van der Waals surface area contributed by atoms with Gasteiger partial charge >= 0.3 is 6.18 Å². The maximum absolute atomic E-state index is 13.0. The molecule has 1 aliphatic rings. The average molecular weight is 295 g/mol. The molecule has 0 aliphatic carbocycles. The van der Waals surface area contributed by atoms with E-state index in [2.05, 4.69) is 15.3 Å². The van der Waals surface area contributed by atoms with Gasteiger partial charge in [0.2, 0.25) is 0 Å². The molecule has 1 aromatic heterocycles. The van der Waals surface area contributed by atoms with E-state index in [9.17, 15) is 13.2 Å². The van der Waals surface area contributed by atoms with Gasteiger partial charge in [0.15, 0.2) is 11.6 Å². The molecule has 0 spiro atoms. The summed E-state index contributed by atoms with van der Waals surface area (Å²) < 4.78 is 44.4. The molecule has 1 aliphatic heterocycles. The number of nitrogens with zero attached hydrogens (tertiary/aromatic N) is 2. The monoisotopic (exact) mass is 295 g/mol. The lowest BCUT2D eigenvalue weighted by Crippen LogP contribution is -2.50. The van der Waals surface area contributed by atoms with Crippen molar-refractivity contribution >= 4 is 0 Å². The lowest BCUT2D eigenvalue weighted by Gasteiger charge is -2.27. The van der Waals surface area contributed by atoms with Crippen LogP contribution in [0.5, 0.6) is 5.75 Å². The van der Waals surface area contributed by atoms with Gasteiger partial charge in [-0.3, -0.25) is 0 Å². The number of rotatable bonds is 3. The predicted octanol–water partition coefficient (Wildman–Crippen LogP) is 2.51. The molecule has 0 atom stereocenters. The van der Waals surface area contributed by atoms with Crippen LogP contribution in [0.1, 0.15) is 5.56 Å². The van der Waals surface area contributed by atoms with E-state index in [4.69, 9.17) is 4.74 Å². The van der Waals surface area contributed by atoms with E-state index < -0.39 is 11.7 Å². The Morgan fingerprint density at radius 1 is 1.10 bits per heavy atom. The molecule has 0 radical (unpaired) electrons. The Balaban J connectivity index is 1.87. The van der Waals surface area contributed by atoms with Crippen LogP contribution < -0.4 is 10.1 Å². The van der Waals surface area contributed by atoms with Crippen LogP contribution in [0.15, 0.2) is 36.7 Å². The number of aromatic nitrogens is 2. The Morgan fingerprint density at radius 2 is 1.76 bits per heavy atom. The molecule has 1 N–H and O–H groups in total. The van der Waals surface area contributed by atoms with Gasteiger partial charge in [-0.15, -0.1) is 0 Å². The van der Waals surface area contributed by atoms with E-state index in [0.29, 0.717) is 5.75 Å². The zero-order valence-corrected chi connectivity index (χ0v) is 10.9. The third-order valence-corrected chi connectivity index (χ3v) is 3.15. The van der Waals surface area contributed by atoms with Crippen LogP contribution in [-0.2, 0) is 6.18 Å². The van der Waals surface area contributed by atoms with Crippen LogP contribution in [-0.4, -0.2) is 29.2 Å². The van der Waals surface area contributed by atoms with Crippen molar-refractivity contribution in [1.29, 1.82) is 0 Å². The van der Waals surface area contributed by atoms with Crippen molar-refractivity contribution < 1.29 is 17.9 Å². The third kappa shape index (κ3) is 2.97. The topological polar surface area (TPSA) is 47.0 Å². The maximum Gasteiger partial charge on any atom is 0.417 e. The van der Waals surface area contributed by atoms with Gasteiger partial charge in [0.05, 0.1) is 18.0 Å². The minimum absolute atomic E-state index is 0.0296. The second kappa shape index (κ2) is 5.33. The standard InChI is InChI=1S/C14H12F3N3O/c15-14(16,17)12-4-2-1-3-11(12)13-19-7-10(8-20-13)21-9-5-18-6-9/h1-4,7-9,18H,5-6H2. The Bertz CT molecular complexity index is 624. The van der Waals surface area contributed by atoms with Gasteiger partial charge in [0, 0.05) is 18.7 Å². The normalized spacial score (nSPS) is 15.6.